The Morgan fingerprint density at radius 3 is 2.62 bits per heavy atom. The van der Waals surface area contributed by atoms with Gasteiger partial charge in [-0.3, -0.25) is 14.2 Å². The molecule has 0 unspecified atom stereocenters. The van der Waals surface area contributed by atoms with Crippen molar-refractivity contribution in [3.8, 4) is 11.1 Å². The molecule has 0 N–H and O–H groups in total. The van der Waals surface area contributed by atoms with Gasteiger partial charge >= 0.3 is 0 Å². The second-order valence-corrected chi connectivity index (χ2v) is 8.60. The second kappa shape index (κ2) is 10.1. The molecule has 2 heterocycles. The summed E-state index contributed by atoms with van der Waals surface area (Å²) >= 11 is 7.41. The van der Waals surface area contributed by atoms with Crippen LogP contribution >= 0.6 is 22.9 Å². The normalized spacial score (nSPS) is 11.1. The van der Waals surface area contributed by atoms with Gasteiger partial charge in [0.05, 0.1) is 18.3 Å². The maximum atomic E-state index is 13.3. The first-order valence-electron chi connectivity index (χ1n) is 10.1. The number of thiophene rings is 1. The number of benzene rings is 2. The number of nitrogens with zero attached hydrogens (tertiary/aromatic N) is 3. The number of carbonyl (C=O) groups is 1. The molecule has 2 aromatic heterocycles. The lowest BCUT2D eigenvalue weighted by Crippen LogP contribution is -2.38. The van der Waals surface area contributed by atoms with Gasteiger partial charge in [0.1, 0.15) is 11.4 Å². The average Bonchev–Trinajstić information content (AvgIpc) is 3.24. The Morgan fingerprint density at radius 1 is 1.16 bits per heavy atom. The minimum absolute atomic E-state index is 0.0891. The van der Waals surface area contributed by atoms with E-state index in [4.69, 9.17) is 16.3 Å². The van der Waals surface area contributed by atoms with Crippen LogP contribution in [0.4, 0.5) is 0 Å². The molecular formula is C24H22ClN3O3S. The molecule has 0 aliphatic carbocycles. The smallest absolute Gasteiger partial charge is 0.263 e. The molecule has 2 aromatic carbocycles. The lowest BCUT2D eigenvalue weighted by atomic mass is 10.1. The topological polar surface area (TPSA) is 64.4 Å². The molecule has 0 atom stereocenters. The summed E-state index contributed by atoms with van der Waals surface area (Å²) in [4.78, 5) is 33.2. The van der Waals surface area contributed by atoms with Gasteiger partial charge in [-0.05, 0) is 23.3 Å². The summed E-state index contributed by atoms with van der Waals surface area (Å²) in [5.41, 5.74) is 2.46. The van der Waals surface area contributed by atoms with E-state index in [2.05, 4.69) is 4.98 Å². The highest BCUT2D eigenvalue weighted by atomic mass is 35.5. The van der Waals surface area contributed by atoms with Crippen LogP contribution in [0.15, 0.2) is 71.1 Å². The molecule has 4 rings (SSSR count). The monoisotopic (exact) mass is 467 g/mol. The summed E-state index contributed by atoms with van der Waals surface area (Å²) in [5, 5.41) is 3.05. The molecule has 0 saturated carbocycles. The molecule has 164 valence electrons. The zero-order valence-corrected chi connectivity index (χ0v) is 19.1. The van der Waals surface area contributed by atoms with Gasteiger partial charge in [0, 0.05) is 36.2 Å². The summed E-state index contributed by atoms with van der Waals surface area (Å²) in [6.07, 6.45) is 1.45. The molecule has 0 fully saturated rings. The van der Waals surface area contributed by atoms with Crippen molar-refractivity contribution in [2.45, 2.75) is 13.1 Å². The van der Waals surface area contributed by atoms with E-state index in [0.29, 0.717) is 34.9 Å². The number of hydrogen-bond acceptors (Lipinski definition) is 5. The Hall–Kier alpha value is -3.00. The summed E-state index contributed by atoms with van der Waals surface area (Å²) in [5.74, 6) is -0.169. The number of halogens is 1. The fourth-order valence-electron chi connectivity index (χ4n) is 3.47. The predicted molar refractivity (Wildman–Crippen MR) is 128 cm³/mol. The molecule has 0 aliphatic heterocycles. The lowest BCUT2D eigenvalue weighted by molar-refractivity contribution is -0.133. The second-order valence-electron chi connectivity index (χ2n) is 7.31. The molecule has 1 amide bonds. The van der Waals surface area contributed by atoms with Crippen molar-refractivity contribution in [1.82, 2.24) is 14.5 Å². The highest BCUT2D eigenvalue weighted by molar-refractivity contribution is 7.17. The SMILES string of the molecule is COCCN(Cc1ccccc1)C(=O)Cn1cnc2scc(-c3ccc(Cl)cc3)c2c1=O. The highest BCUT2D eigenvalue weighted by Crippen LogP contribution is 2.31. The third kappa shape index (κ3) is 4.91. The summed E-state index contributed by atoms with van der Waals surface area (Å²) in [7, 11) is 1.60. The van der Waals surface area contributed by atoms with Gasteiger partial charge < -0.3 is 9.64 Å². The van der Waals surface area contributed by atoms with Crippen LogP contribution in [0.3, 0.4) is 0 Å². The predicted octanol–water partition coefficient (Wildman–Crippen LogP) is 4.45. The lowest BCUT2D eigenvalue weighted by Gasteiger charge is -2.23. The van der Waals surface area contributed by atoms with Crippen LogP contribution in [0.25, 0.3) is 21.3 Å². The van der Waals surface area contributed by atoms with Gasteiger partial charge in [-0.15, -0.1) is 11.3 Å². The maximum Gasteiger partial charge on any atom is 0.263 e. The molecule has 0 radical (unpaired) electrons. The molecule has 0 spiro atoms. The summed E-state index contributed by atoms with van der Waals surface area (Å²) < 4.78 is 6.55. The van der Waals surface area contributed by atoms with Crippen molar-refractivity contribution in [2.24, 2.45) is 0 Å². The third-order valence-electron chi connectivity index (χ3n) is 5.16. The van der Waals surface area contributed by atoms with Gasteiger partial charge in [0.2, 0.25) is 5.91 Å². The van der Waals surface area contributed by atoms with Crippen molar-refractivity contribution in [3.63, 3.8) is 0 Å². The first-order valence-corrected chi connectivity index (χ1v) is 11.4. The van der Waals surface area contributed by atoms with Gasteiger partial charge in [-0.2, -0.15) is 0 Å². The van der Waals surface area contributed by atoms with Crippen molar-refractivity contribution in [2.75, 3.05) is 20.3 Å². The van der Waals surface area contributed by atoms with E-state index in [9.17, 15) is 9.59 Å². The number of fused-ring (bicyclic) bond motifs is 1. The summed E-state index contributed by atoms with van der Waals surface area (Å²) in [6, 6.07) is 17.1. The largest absolute Gasteiger partial charge is 0.383 e. The fourth-order valence-corrected chi connectivity index (χ4v) is 4.50. The Morgan fingerprint density at radius 2 is 1.91 bits per heavy atom. The fraction of sp³-hybridized carbons (Fsp3) is 0.208. The minimum atomic E-state index is -0.235. The van der Waals surface area contributed by atoms with Gasteiger partial charge in [-0.1, -0.05) is 54.1 Å². The Bertz CT molecular complexity index is 1270. The van der Waals surface area contributed by atoms with E-state index < -0.39 is 0 Å². The van der Waals surface area contributed by atoms with Gasteiger partial charge in [-0.25, -0.2) is 4.98 Å². The first kappa shape index (κ1) is 22.2. The average molecular weight is 468 g/mol. The van der Waals surface area contributed by atoms with E-state index in [0.717, 1.165) is 16.7 Å². The number of amides is 1. The maximum absolute atomic E-state index is 13.3. The molecule has 32 heavy (non-hydrogen) atoms. The highest BCUT2D eigenvalue weighted by Gasteiger charge is 2.18. The number of hydrogen-bond donors (Lipinski definition) is 0. The van der Waals surface area contributed by atoms with E-state index in [1.165, 1.54) is 22.2 Å². The van der Waals surface area contributed by atoms with Gasteiger partial charge in [0.25, 0.3) is 5.56 Å². The molecule has 4 aromatic rings. The zero-order valence-electron chi connectivity index (χ0n) is 17.5. The van der Waals surface area contributed by atoms with Crippen LogP contribution in [-0.4, -0.2) is 40.6 Å². The van der Waals surface area contributed by atoms with Crippen molar-refractivity contribution in [1.29, 1.82) is 0 Å². The van der Waals surface area contributed by atoms with Crippen LogP contribution < -0.4 is 5.56 Å². The number of methoxy groups -OCH3 is 1. The summed E-state index contributed by atoms with van der Waals surface area (Å²) in [6.45, 7) is 1.20. The number of rotatable bonds is 8. The Kier molecular flexibility index (Phi) is 6.99. The standard InChI is InChI=1S/C24H22ClN3O3S/c1-31-12-11-27(13-17-5-3-2-4-6-17)21(29)14-28-16-26-23-22(24(28)30)20(15-32-23)18-7-9-19(25)10-8-18/h2-10,15-16H,11-14H2,1H3. The molecular weight excluding hydrogens is 446 g/mol. The van der Waals surface area contributed by atoms with E-state index in [1.807, 2.05) is 47.8 Å². The number of carbonyl (C=O) groups excluding carboxylic acids is 1. The molecule has 6 nitrogen and oxygen atoms in total. The van der Waals surface area contributed by atoms with Crippen LogP contribution in [0, 0.1) is 0 Å². The van der Waals surface area contributed by atoms with Crippen molar-refractivity contribution < 1.29 is 9.53 Å². The van der Waals surface area contributed by atoms with E-state index in [-0.39, 0.29) is 18.0 Å². The zero-order chi connectivity index (χ0) is 22.5. The van der Waals surface area contributed by atoms with Crippen molar-refractivity contribution >= 4 is 39.1 Å². The molecule has 8 heteroatoms. The Labute approximate surface area is 194 Å². The molecule has 0 saturated heterocycles. The Balaban J connectivity index is 1.63. The van der Waals surface area contributed by atoms with E-state index >= 15 is 0 Å². The van der Waals surface area contributed by atoms with E-state index in [1.54, 1.807) is 24.1 Å². The van der Waals surface area contributed by atoms with Gasteiger partial charge in [0.15, 0.2) is 0 Å². The van der Waals surface area contributed by atoms with Crippen LogP contribution in [0.5, 0.6) is 0 Å². The number of aromatic nitrogens is 2. The molecule has 0 aliphatic rings. The minimum Gasteiger partial charge on any atom is -0.383 e. The van der Waals surface area contributed by atoms with Crippen LogP contribution in [-0.2, 0) is 22.6 Å². The number of ether oxygens (including phenoxy) is 1. The van der Waals surface area contributed by atoms with Crippen LogP contribution in [0.2, 0.25) is 5.02 Å². The first-order chi connectivity index (χ1) is 15.6. The van der Waals surface area contributed by atoms with Crippen molar-refractivity contribution in [3.05, 3.63) is 87.2 Å². The third-order valence-corrected chi connectivity index (χ3v) is 6.29. The quantitative estimate of drug-likeness (QED) is 0.384. The molecule has 0 bridgehead atoms. The van der Waals surface area contributed by atoms with Crippen LogP contribution in [0.1, 0.15) is 5.56 Å².